The molecular weight excluding hydrogens is 378 g/mol. The van der Waals surface area contributed by atoms with E-state index < -0.39 is 0 Å². The number of H-pyrrole nitrogens is 1. The van der Waals surface area contributed by atoms with Gasteiger partial charge < -0.3 is 4.98 Å². The van der Waals surface area contributed by atoms with Gasteiger partial charge in [0, 0.05) is 25.1 Å². The number of rotatable bonds is 3. The molecule has 0 saturated heterocycles. The van der Waals surface area contributed by atoms with E-state index in [1.54, 1.807) is 6.08 Å². The molecule has 1 N–H and O–H groups in total. The minimum atomic E-state index is 0. The van der Waals surface area contributed by atoms with E-state index in [1.165, 1.54) is 27.6 Å². The highest BCUT2D eigenvalue weighted by atomic mass is 16.1. The van der Waals surface area contributed by atoms with Gasteiger partial charge in [0.2, 0.25) is 0 Å². The van der Waals surface area contributed by atoms with E-state index in [-0.39, 0.29) is 7.21 Å². The summed E-state index contributed by atoms with van der Waals surface area (Å²) in [5.41, 5.74) is 8.26. The van der Waals surface area contributed by atoms with Crippen LogP contribution in [0, 0.1) is 12.3 Å². The Hall–Kier alpha value is -3.83. The van der Waals surface area contributed by atoms with Gasteiger partial charge in [-0.25, -0.2) is 0 Å². The number of aromatic nitrogens is 1. The molecule has 1 heterocycles. The summed E-state index contributed by atoms with van der Waals surface area (Å²) in [6.07, 6.45) is 11.7. The van der Waals surface area contributed by atoms with Crippen LogP contribution in [0.25, 0.3) is 16.5 Å². The number of aromatic amines is 1. The zero-order chi connectivity index (χ0) is 21.6. The smallest absolute Gasteiger partial charge is 0.160 e. The fraction of sp³-hybridized carbons (Fsp3) is 0.138. The number of carbonyl (C=O) groups excluding carboxylic acids is 1. The minimum Gasteiger partial charge on any atom is -0.361 e. The standard InChI is InChI=1S/C18H15N.C11H10O.H2/c1-2-14-4-3-5-15(12-14)6-7-16-8-9-18-17(13-16)10-11-19-18;1-8-6-10(12)7-9-4-2-3-5-11(8)9;/h1,3-5,8-13,19H,6-7H2;2-6H,7H2,1H3;1H. The molecule has 1 aromatic heterocycles. The normalized spacial score (nSPS) is 12.4. The zero-order valence-electron chi connectivity index (χ0n) is 17.7. The summed E-state index contributed by atoms with van der Waals surface area (Å²) >= 11 is 0. The van der Waals surface area contributed by atoms with Crippen molar-refractivity contribution in [3.05, 3.63) is 113 Å². The third-order valence-corrected chi connectivity index (χ3v) is 5.60. The summed E-state index contributed by atoms with van der Waals surface area (Å²) in [6, 6.07) is 25.0. The minimum absolute atomic E-state index is 0. The van der Waals surface area contributed by atoms with Crippen LogP contribution >= 0.6 is 0 Å². The van der Waals surface area contributed by atoms with Crippen molar-refractivity contribution < 1.29 is 6.22 Å². The highest BCUT2D eigenvalue weighted by Gasteiger charge is 2.12. The summed E-state index contributed by atoms with van der Waals surface area (Å²) in [4.78, 5) is 14.4. The van der Waals surface area contributed by atoms with E-state index in [9.17, 15) is 4.79 Å². The first-order valence-corrected chi connectivity index (χ1v) is 10.5. The molecule has 0 atom stereocenters. The lowest BCUT2D eigenvalue weighted by Gasteiger charge is -2.12. The SMILES string of the molecule is C#Cc1cccc(CCc2ccc3[nH]ccc3c2)c1.CC1=CC(=O)Cc2ccccc21.[HH]. The van der Waals surface area contributed by atoms with Crippen LogP contribution in [0.1, 0.15) is 36.2 Å². The molecule has 2 heteroatoms. The van der Waals surface area contributed by atoms with Gasteiger partial charge >= 0.3 is 0 Å². The van der Waals surface area contributed by atoms with Gasteiger partial charge in [-0.1, -0.05) is 48.4 Å². The monoisotopic (exact) mass is 405 g/mol. The third-order valence-electron chi connectivity index (χ3n) is 5.60. The summed E-state index contributed by atoms with van der Waals surface area (Å²) in [5, 5.41) is 1.27. The Kier molecular flexibility index (Phi) is 6.15. The van der Waals surface area contributed by atoms with Crippen LogP contribution in [-0.4, -0.2) is 10.8 Å². The number of carbonyl (C=O) groups is 1. The Bertz CT molecular complexity index is 1310. The maximum Gasteiger partial charge on any atom is 0.160 e. The first kappa shape index (κ1) is 20.4. The van der Waals surface area contributed by atoms with E-state index in [4.69, 9.17) is 6.42 Å². The van der Waals surface area contributed by atoms with E-state index in [2.05, 4.69) is 53.4 Å². The van der Waals surface area contributed by atoms with Gasteiger partial charge in [-0.05, 0) is 89.4 Å². The molecule has 0 fully saturated rings. The van der Waals surface area contributed by atoms with Crippen molar-refractivity contribution >= 4 is 22.3 Å². The van der Waals surface area contributed by atoms with Crippen LogP contribution in [0.4, 0.5) is 0 Å². The molecular formula is C29H27NO. The van der Waals surface area contributed by atoms with Crippen LogP contribution in [0.2, 0.25) is 0 Å². The summed E-state index contributed by atoms with van der Waals surface area (Å²) in [7, 11) is 0. The number of aryl methyl sites for hydroxylation is 2. The summed E-state index contributed by atoms with van der Waals surface area (Å²) in [6.45, 7) is 1.98. The second kappa shape index (κ2) is 9.32. The van der Waals surface area contributed by atoms with E-state index in [0.29, 0.717) is 6.42 Å². The second-order valence-electron chi connectivity index (χ2n) is 7.87. The van der Waals surface area contributed by atoms with E-state index in [0.717, 1.165) is 29.5 Å². The first-order valence-electron chi connectivity index (χ1n) is 10.5. The fourth-order valence-electron chi connectivity index (χ4n) is 3.98. The molecule has 4 aromatic rings. The Labute approximate surface area is 185 Å². The molecule has 0 saturated carbocycles. The quantitative estimate of drug-likeness (QED) is 0.393. The number of benzene rings is 3. The van der Waals surface area contributed by atoms with Crippen LogP contribution < -0.4 is 0 Å². The number of hydrogen-bond donors (Lipinski definition) is 1. The number of allylic oxidation sites excluding steroid dienone is 2. The molecule has 0 amide bonds. The Morgan fingerprint density at radius 2 is 1.77 bits per heavy atom. The molecule has 3 aromatic carbocycles. The third kappa shape index (κ3) is 5.02. The van der Waals surface area contributed by atoms with Gasteiger partial charge in [-0.15, -0.1) is 6.42 Å². The number of hydrogen-bond acceptors (Lipinski definition) is 1. The van der Waals surface area contributed by atoms with Gasteiger partial charge in [-0.2, -0.15) is 0 Å². The molecule has 31 heavy (non-hydrogen) atoms. The van der Waals surface area contributed by atoms with Crippen molar-refractivity contribution in [3.63, 3.8) is 0 Å². The number of fused-ring (bicyclic) bond motifs is 2. The Balaban J connectivity index is 0.000000193. The molecule has 0 aliphatic heterocycles. The second-order valence-corrected chi connectivity index (χ2v) is 7.87. The maximum absolute atomic E-state index is 11.2. The molecule has 0 radical (unpaired) electrons. The topological polar surface area (TPSA) is 32.9 Å². The molecule has 2 nitrogen and oxygen atoms in total. The van der Waals surface area contributed by atoms with Gasteiger partial charge in [0.25, 0.3) is 0 Å². The fourth-order valence-corrected chi connectivity index (χ4v) is 3.98. The molecule has 0 bridgehead atoms. The van der Waals surface area contributed by atoms with Crippen molar-refractivity contribution in [2.24, 2.45) is 0 Å². The maximum atomic E-state index is 11.2. The van der Waals surface area contributed by atoms with Crippen molar-refractivity contribution in [3.8, 4) is 12.3 Å². The van der Waals surface area contributed by atoms with Crippen molar-refractivity contribution in [1.29, 1.82) is 0 Å². The van der Waals surface area contributed by atoms with Gasteiger partial charge in [0.15, 0.2) is 5.78 Å². The predicted molar refractivity (Wildman–Crippen MR) is 131 cm³/mol. The van der Waals surface area contributed by atoms with Crippen molar-refractivity contribution in [2.75, 3.05) is 0 Å². The van der Waals surface area contributed by atoms with Gasteiger partial charge in [0.05, 0.1) is 0 Å². The molecule has 154 valence electrons. The lowest BCUT2D eigenvalue weighted by molar-refractivity contribution is -0.114. The number of nitrogens with one attached hydrogen (secondary N) is 1. The van der Waals surface area contributed by atoms with Gasteiger partial charge in [-0.3, -0.25) is 4.79 Å². The molecule has 1 aliphatic rings. The van der Waals surface area contributed by atoms with E-state index in [1.807, 2.05) is 43.5 Å². The van der Waals surface area contributed by atoms with Crippen molar-refractivity contribution in [2.45, 2.75) is 26.2 Å². The molecule has 5 rings (SSSR count). The first-order chi connectivity index (χ1) is 15.1. The Morgan fingerprint density at radius 3 is 2.61 bits per heavy atom. The van der Waals surface area contributed by atoms with Crippen molar-refractivity contribution in [1.82, 2.24) is 4.98 Å². The zero-order valence-corrected chi connectivity index (χ0v) is 17.7. The molecule has 0 unspecified atom stereocenters. The van der Waals surface area contributed by atoms with Crippen LogP contribution in [0.3, 0.4) is 0 Å². The predicted octanol–water partition coefficient (Wildman–Crippen LogP) is 6.40. The average molecular weight is 406 g/mol. The molecule has 1 aliphatic carbocycles. The average Bonchev–Trinajstić information content (AvgIpc) is 3.26. The van der Waals surface area contributed by atoms with E-state index >= 15 is 0 Å². The summed E-state index contributed by atoms with van der Waals surface area (Å²) < 4.78 is 0. The lowest BCUT2D eigenvalue weighted by atomic mass is 9.91. The number of terminal acetylenes is 1. The summed E-state index contributed by atoms with van der Waals surface area (Å²) in [5.74, 6) is 2.90. The Morgan fingerprint density at radius 1 is 0.968 bits per heavy atom. The van der Waals surface area contributed by atoms with Gasteiger partial charge in [0.1, 0.15) is 0 Å². The van der Waals surface area contributed by atoms with Crippen LogP contribution in [0.15, 0.2) is 85.1 Å². The van der Waals surface area contributed by atoms with Crippen LogP contribution in [0.5, 0.6) is 0 Å². The number of ketones is 1. The molecule has 0 spiro atoms. The largest absolute Gasteiger partial charge is 0.361 e. The highest BCUT2D eigenvalue weighted by molar-refractivity contribution is 6.01. The highest BCUT2D eigenvalue weighted by Crippen LogP contribution is 2.23. The lowest BCUT2D eigenvalue weighted by Crippen LogP contribution is -2.07. The van der Waals surface area contributed by atoms with Crippen LogP contribution in [-0.2, 0) is 24.1 Å².